The highest BCUT2D eigenvalue weighted by molar-refractivity contribution is 7.91. The minimum atomic E-state index is -2.89. The van der Waals surface area contributed by atoms with Gasteiger partial charge in [0.1, 0.15) is 17.5 Å². The monoisotopic (exact) mass is 282 g/mol. The van der Waals surface area contributed by atoms with Crippen LogP contribution >= 0.6 is 0 Å². The van der Waals surface area contributed by atoms with Gasteiger partial charge in [-0.1, -0.05) is 0 Å². The molecule has 2 N–H and O–H groups in total. The van der Waals surface area contributed by atoms with Crippen LogP contribution in [0, 0.1) is 0 Å². The van der Waals surface area contributed by atoms with E-state index in [4.69, 9.17) is 5.73 Å². The van der Waals surface area contributed by atoms with Crippen LogP contribution in [0.3, 0.4) is 0 Å². The zero-order valence-electron chi connectivity index (χ0n) is 10.9. The molecule has 1 saturated heterocycles. The van der Waals surface area contributed by atoms with Gasteiger partial charge in [0.05, 0.1) is 11.5 Å². The number of hydrogen-bond acceptors (Lipinski definition) is 6. The third-order valence-electron chi connectivity index (χ3n) is 3.81. The zero-order valence-corrected chi connectivity index (χ0v) is 11.7. The lowest BCUT2D eigenvalue weighted by molar-refractivity contribution is 0.600. The molecule has 104 valence electrons. The smallest absolute Gasteiger partial charge is 0.152 e. The molecule has 1 aliphatic carbocycles. The molecule has 2 fully saturated rings. The number of nitrogens with two attached hydrogens (primary N) is 1. The second-order valence-electron chi connectivity index (χ2n) is 5.45. The number of nitrogens with zero attached hydrogens (tertiary/aromatic N) is 3. The lowest BCUT2D eigenvalue weighted by Crippen LogP contribution is -2.33. The summed E-state index contributed by atoms with van der Waals surface area (Å²) in [4.78, 5) is 10.7. The number of rotatable bonds is 3. The molecule has 0 radical (unpaired) electrons. The summed E-state index contributed by atoms with van der Waals surface area (Å²) in [5.74, 6) is 2.88. The van der Waals surface area contributed by atoms with Gasteiger partial charge in [-0.15, -0.1) is 0 Å². The number of anilines is 2. The van der Waals surface area contributed by atoms with Gasteiger partial charge in [-0.3, -0.25) is 0 Å². The second kappa shape index (κ2) is 4.33. The van der Waals surface area contributed by atoms with Crippen molar-refractivity contribution in [2.75, 3.05) is 29.2 Å². The van der Waals surface area contributed by atoms with Gasteiger partial charge in [0, 0.05) is 25.1 Å². The van der Waals surface area contributed by atoms with Crippen molar-refractivity contribution in [1.82, 2.24) is 9.97 Å². The van der Waals surface area contributed by atoms with E-state index in [1.807, 2.05) is 11.9 Å². The van der Waals surface area contributed by atoms with Crippen LogP contribution in [-0.4, -0.2) is 43.0 Å². The Hall–Kier alpha value is -1.37. The van der Waals surface area contributed by atoms with E-state index in [0.717, 1.165) is 24.5 Å². The van der Waals surface area contributed by atoms with Gasteiger partial charge in [0.2, 0.25) is 0 Å². The number of sulfone groups is 1. The summed E-state index contributed by atoms with van der Waals surface area (Å²) >= 11 is 0. The first kappa shape index (κ1) is 12.7. The molecule has 0 aromatic carbocycles. The molecule has 3 rings (SSSR count). The highest BCUT2D eigenvalue weighted by Crippen LogP contribution is 2.39. The van der Waals surface area contributed by atoms with E-state index in [9.17, 15) is 8.42 Å². The Morgan fingerprint density at radius 1 is 1.32 bits per heavy atom. The Kier molecular flexibility index (Phi) is 2.88. The fourth-order valence-corrected chi connectivity index (χ4v) is 4.22. The number of aromatic nitrogens is 2. The van der Waals surface area contributed by atoms with Gasteiger partial charge >= 0.3 is 0 Å². The molecule has 2 heterocycles. The van der Waals surface area contributed by atoms with Crippen LogP contribution in [0.2, 0.25) is 0 Å². The van der Waals surface area contributed by atoms with Gasteiger partial charge in [-0.25, -0.2) is 18.4 Å². The van der Waals surface area contributed by atoms with E-state index in [0.29, 0.717) is 18.2 Å². The molecule has 1 saturated carbocycles. The molecule has 1 atom stereocenters. The Balaban J connectivity index is 1.85. The van der Waals surface area contributed by atoms with Gasteiger partial charge < -0.3 is 10.6 Å². The molecule has 1 aromatic heterocycles. The van der Waals surface area contributed by atoms with Crippen LogP contribution in [0.25, 0.3) is 0 Å². The summed E-state index contributed by atoms with van der Waals surface area (Å²) in [5, 5.41) is 0. The minimum absolute atomic E-state index is 0.00801. The van der Waals surface area contributed by atoms with Crippen LogP contribution < -0.4 is 10.6 Å². The van der Waals surface area contributed by atoms with Gasteiger partial charge in [0.15, 0.2) is 9.84 Å². The van der Waals surface area contributed by atoms with E-state index in [1.165, 1.54) is 0 Å². The van der Waals surface area contributed by atoms with Crippen molar-refractivity contribution in [3.05, 3.63) is 11.9 Å². The van der Waals surface area contributed by atoms with Gasteiger partial charge in [-0.05, 0) is 19.3 Å². The quantitative estimate of drug-likeness (QED) is 0.871. The molecular weight excluding hydrogens is 264 g/mol. The summed E-state index contributed by atoms with van der Waals surface area (Å²) in [5.41, 5.74) is 5.82. The van der Waals surface area contributed by atoms with E-state index < -0.39 is 9.84 Å². The molecule has 1 aliphatic heterocycles. The van der Waals surface area contributed by atoms with Crippen molar-refractivity contribution in [2.45, 2.75) is 31.2 Å². The molecule has 7 heteroatoms. The Bertz CT molecular complexity index is 598. The van der Waals surface area contributed by atoms with Crippen molar-refractivity contribution in [1.29, 1.82) is 0 Å². The summed E-state index contributed by atoms with van der Waals surface area (Å²) in [6.45, 7) is 0. The second-order valence-corrected chi connectivity index (χ2v) is 7.68. The van der Waals surface area contributed by atoms with Crippen LogP contribution in [0.4, 0.5) is 11.6 Å². The average Bonchev–Trinajstić information content (AvgIpc) is 3.12. The maximum Gasteiger partial charge on any atom is 0.152 e. The van der Waals surface area contributed by atoms with Crippen LogP contribution in [0.1, 0.15) is 31.0 Å². The third-order valence-corrected chi connectivity index (χ3v) is 5.56. The van der Waals surface area contributed by atoms with Crippen molar-refractivity contribution in [2.24, 2.45) is 0 Å². The molecule has 0 spiro atoms. The average molecular weight is 282 g/mol. The summed E-state index contributed by atoms with van der Waals surface area (Å²) in [6, 6.07) is 1.71. The normalized spacial score (nSPS) is 25.4. The van der Waals surface area contributed by atoms with Crippen molar-refractivity contribution in [3.8, 4) is 0 Å². The van der Waals surface area contributed by atoms with Crippen molar-refractivity contribution >= 4 is 21.5 Å². The van der Waals surface area contributed by atoms with E-state index in [2.05, 4.69) is 9.97 Å². The highest BCUT2D eigenvalue weighted by Gasteiger charge is 2.32. The van der Waals surface area contributed by atoms with Crippen molar-refractivity contribution < 1.29 is 8.42 Å². The first-order valence-electron chi connectivity index (χ1n) is 6.52. The lowest BCUT2D eigenvalue weighted by Gasteiger charge is -2.24. The van der Waals surface area contributed by atoms with Crippen molar-refractivity contribution in [3.63, 3.8) is 0 Å². The molecular formula is C12H18N4O2S. The van der Waals surface area contributed by atoms with Gasteiger partial charge in [0.25, 0.3) is 0 Å². The summed E-state index contributed by atoms with van der Waals surface area (Å²) in [7, 11) is -1.01. The van der Waals surface area contributed by atoms with Crippen LogP contribution in [0.15, 0.2) is 6.07 Å². The fourth-order valence-electron chi connectivity index (χ4n) is 2.44. The van der Waals surface area contributed by atoms with E-state index in [1.54, 1.807) is 6.07 Å². The standard InChI is InChI=1S/C12H18N4O2S/c1-16(9-4-5-19(17,18)7-9)11-6-10(13)14-12(15-11)8-2-3-8/h6,8-9H,2-5,7H2,1H3,(H2,13,14,15). The lowest BCUT2D eigenvalue weighted by atomic mass is 10.2. The Morgan fingerprint density at radius 3 is 2.63 bits per heavy atom. The highest BCUT2D eigenvalue weighted by atomic mass is 32.2. The third kappa shape index (κ3) is 2.65. The maximum atomic E-state index is 11.5. The Labute approximate surface area is 113 Å². The van der Waals surface area contributed by atoms with E-state index >= 15 is 0 Å². The molecule has 0 amide bonds. The van der Waals surface area contributed by atoms with Crippen LogP contribution in [-0.2, 0) is 9.84 Å². The minimum Gasteiger partial charge on any atom is -0.384 e. The first-order chi connectivity index (χ1) is 8.94. The number of hydrogen-bond donors (Lipinski definition) is 1. The molecule has 1 aromatic rings. The topological polar surface area (TPSA) is 89.2 Å². The maximum absolute atomic E-state index is 11.5. The molecule has 2 aliphatic rings. The van der Waals surface area contributed by atoms with E-state index in [-0.39, 0.29) is 17.5 Å². The molecule has 1 unspecified atom stereocenters. The zero-order chi connectivity index (χ0) is 13.6. The fraction of sp³-hybridized carbons (Fsp3) is 0.667. The summed E-state index contributed by atoms with van der Waals surface area (Å²) < 4.78 is 23.1. The predicted molar refractivity (Wildman–Crippen MR) is 73.9 cm³/mol. The number of nitrogen functional groups attached to an aromatic ring is 1. The van der Waals surface area contributed by atoms with Crippen LogP contribution in [0.5, 0.6) is 0 Å². The first-order valence-corrected chi connectivity index (χ1v) is 8.34. The molecule has 0 bridgehead atoms. The molecule has 19 heavy (non-hydrogen) atoms. The molecule has 6 nitrogen and oxygen atoms in total. The largest absolute Gasteiger partial charge is 0.384 e. The Morgan fingerprint density at radius 2 is 2.05 bits per heavy atom. The SMILES string of the molecule is CN(c1cc(N)nc(C2CC2)n1)C1CCS(=O)(=O)C1. The summed E-state index contributed by atoms with van der Waals surface area (Å²) in [6.07, 6.45) is 2.89. The van der Waals surface area contributed by atoms with Gasteiger partial charge in [-0.2, -0.15) is 0 Å². The predicted octanol–water partition coefficient (Wildman–Crippen LogP) is 0.559.